The molecule has 1 aliphatic rings. The Hall–Kier alpha value is -1.83. The molecule has 0 saturated heterocycles. The number of carbonyl (C=O) groups excluding carboxylic acids is 1. The molecule has 0 bridgehead atoms. The first kappa shape index (κ1) is 13.6. The monoisotopic (exact) mass is 256 g/mol. The third-order valence-electron chi connectivity index (χ3n) is 3.29. The lowest BCUT2D eigenvalue weighted by Gasteiger charge is -2.27. The molecular weight excluding hydrogens is 236 g/mol. The van der Waals surface area contributed by atoms with Crippen LogP contribution in [0.2, 0.25) is 0 Å². The van der Waals surface area contributed by atoms with Gasteiger partial charge in [0.05, 0.1) is 7.11 Å². The van der Waals surface area contributed by atoms with E-state index in [9.17, 15) is 4.79 Å². The van der Waals surface area contributed by atoms with Crippen LogP contribution in [0, 0.1) is 5.41 Å². The zero-order chi connectivity index (χ0) is 13.9. The van der Waals surface area contributed by atoms with Gasteiger partial charge in [0.1, 0.15) is 5.75 Å². The van der Waals surface area contributed by atoms with Crippen molar-refractivity contribution in [1.29, 1.82) is 0 Å². The molecule has 0 heterocycles. The zero-order valence-corrected chi connectivity index (χ0v) is 11.8. The number of allylic oxidation sites excluding steroid dienone is 3. The van der Waals surface area contributed by atoms with Crippen LogP contribution in [0.25, 0.3) is 6.08 Å². The summed E-state index contributed by atoms with van der Waals surface area (Å²) in [5.41, 5.74) is 2.29. The number of carbonyl (C=O) groups is 1. The molecule has 19 heavy (non-hydrogen) atoms. The molecule has 0 unspecified atom stereocenters. The molecule has 2 nitrogen and oxygen atoms in total. The van der Waals surface area contributed by atoms with E-state index in [1.165, 1.54) is 0 Å². The normalized spacial score (nSPS) is 18.5. The van der Waals surface area contributed by atoms with Crippen molar-refractivity contribution in [2.45, 2.75) is 26.7 Å². The average Bonchev–Trinajstić information content (AvgIpc) is 2.34. The predicted octanol–water partition coefficient (Wildman–Crippen LogP) is 4.02. The number of methoxy groups -OCH3 is 1. The van der Waals surface area contributed by atoms with Crippen LogP contribution in [-0.4, -0.2) is 12.9 Å². The highest BCUT2D eigenvalue weighted by Crippen LogP contribution is 2.34. The Morgan fingerprint density at radius 3 is 2.37 bits per heavy atom. The van der Waals surface area contributed by atoms with Gasteiger partial charge in [0.2, 0.25) is 0 Å². The quantitative estimate of drug-likeness (QED) is 0.816. The molecule has 0 fully saturated rings. The van der Waals surface area contributed by atoms with E-state index in [4.69, 9.17) is 4.74 Å². The highest BCUT2D eigenvalue weighted by atomic mass is 16.5. The van der Waals surface area contributed by atoms with E-state index in [0.717, 1.165) is 23.3 Å². The Bertz CT molecular complexity index is 519. The van der Waals surface area contributed by atoms with E-state index in [1.807, 2.05) is 36.4 Å². The first-order chi connectivity index (χ1) is 8.98. The topological polar surface area (TPSA) is 26.3 Å². The lowest BCUT2D eigenvalue weighted by atomic mass is 9.77. The summed E-state index contributed by atoms with van der Waals surface area (Å²) in [4.78, 5) is 11.7. The summed E-state index contributed by atoms with van der Waals surface area (Å²) in [7, 11) is 1.66. The van der Waals surface area contributed by atoms with E-state index in [2.05, 4.69) is 13.8 Å². The fourth-order valence-corrected chi connectivity index (χ4v) is 2.42. The molecule has 0 aromatic heterocycles. The summed E-state index contributed by atoms with van der Waals surface area (Å²) in [5, 5.41) is 0. The van der Waals surface area contributed by atoms with Crippen molar-refractivity contribution in [2.75, 3.05) is 7.11 Å². The lowest BCUT2D eigenvalue weighted by molar-refractivity contribution is -0.116. The second-order valence-corrected chi connectivity index (χ2v) is 5.81. The van der Waals surface area contributed by atoms with Crippen molar-refractivity contribution in [3.05, 3.63) is 47.6 Å². The maximum Gasteiger partial charge on any atom is 0.156 e. The van der Waals surface area contributed by atoms with Crippen LogP contribution in [0.1, 0.15) is 32.3 Å². The van der Waals surface area contributed by atoms with E-state index >= 15 is 0 Å². The standard InChI is InChI=1S/C17H20O2/c1-17(2)11-14(10-15(18)12-17)5-4-13-6-8-16(19-3)9-7-13/h4-10H,11-12H2,1-3H3/b5-4+. The third-order valence-corrected chi connectivity index (χ3v) is 3.29. The molecule has 2 heteroatoms. The average molecular weight is 256 g/mol. The van der Waals surface area contributed by atoms with E-state index in [-0.39, 0.29) is 11.2 Å². The molecule has 1 aromatic carbocycles. The van der Waals surface area contributed by atoms with Crippen molar-refractivity contribution in [1.82, 2.24) is 0 Å². The summed E-state index contributed by atoms with van der Waals surface area (Å²) >= 11 is 0. The fraction of sp³-hybridized carbons (Fsp3) is 0.353. The molecule has 0 saturated carbocycles. The Labute approximate surface area is 114 Å². The van der Waals surface area contributed by atoms with E-state index < -0.39 is 0 Å². The maximum atomic E-state index is 11.7. The highest BCUT2D eigenvalue weighted by molar-refractivity contribution is 5.92. The molecule has 2 rings (SSSR count). The molecule has 1 aromatic rings. The summed E-state index contributed by atoms with van der Waals surface area (Å²) in [6.07, 6.45) is 7.45. The zero-order valence-electron chi connectivity index (χ0n) is 11.8. The van der Waals surface area contributed by atoms with Crippen LogP contribution in [0.4, 0.5) is 0 Å². The number of hydrogen-bond acceptors (Lipinski definition) is 2. The van der Waals surface area contributed by atoms with Gasteiger partial charge in [0.25, 0.3) is 0 Å². The molecule has 100 valence electrons. The highest BCUT2D eigenvalue weighted by Gasteiger charge is 2.26. The van der Waals surface area contributed by atoms with Crippen molar-refractivity contribution >= 4 is 11.9 Å². The second kappa shape index (κ2) is 5.43. The van der Waals surface area contributed by atoms with Gasteiger partial charge in [-0.15, -0.1) is 0 Å². The van der Waals surface area contributed by atoms with Gasteiger partial charge in [-0.05, 0) is 41.2 Å². The lowest BCUT2D eigenvalue weighted by Crippen LogP contribution is -2.21. The molecule has 0 atom stereocenters. The number of ether oxygens (including phenoxy) is 1. The van der Waals surface area contributed by atoms with Crippen LogP contribution >= 0.6 is 0 Å². The summed E-state index contributed by atoms with van der Waals surface area (Å²) in [6.45, 7) is 4.28. The van der Waals surface area contributed by atoms with Gasteiger partial charge in [-0.1, -0.05) is 38.1 Å². The minimum absolute atomic E-state index is 0.0748. The molecule has 1 aliphatic carbocycles. The fourth-order valence-electron chi connectivity index (χ4n) is 2.42. The third kappa shape index (κ3) is 3.82. The Kier molecular flexibility index (Phi) is 3.89. The second-order valence-electron chi connectivity index (χ2n) is 5.81. The molecule has 0 amide bonds. The minimum atomic E-state index is 0.0748. The molecule has 0 N–H and O–H groups in total. The van der Waals surface area contributed by atoms with Crippen molar-refractivity contribution in [3.8, 4) is 5.75 Å². The molecule has 0 aliphatic heterocycles. The Morgan fingerprint density at radius 1 is 1.11 bits per heavy atom. The molecular formula is C17H20O2. The summed E-state index contributed by atoms with van der Waals surface area (Å²) in [6, 6.07) is 7.88. The van der Waals surface area contributed by atoms with Gasteiger partial charge < -0.3 is 4.74 Å². The number of hydrogen-bond donors (Lipinski definition) is 0. The van der Waals surface area contributed by atoms with Crippen LogP contribution in [0.3, 0.4) is 0 Å². The van der Waals surface area contributed by atoms with Crippen molar-refractivity contribution in [3.63, 3.8) is 0 Å². The molecule has 0 radical (unpaired) electrons. The van der Waals surface area contributed by atoms with Gasteiger partial charge >= 0.3 is 0 Å². The Balaban J connectivity index is 2.11. The van der Waals surface area contributed by atoms with Crippen molar-refractivity contribution < 1.29 is 9.53 Å². The summed E-state index contributed by atoms with van der Waals surface area (Å²) < 4.78 is 5.12. The Morgan fingerprint density at radius 2 is 1.79 bits per heavy atom. The van der Waals surface area contributed by atoms with Gasteiger partial charge in [0, 0.05) is 6.42 Å². The van der Waals surface area contributed by atoms with Crippen LogP contribution in [-0.2, 0) is 4.79 Å². The predicted molar refractivity (Wildman–Crippen MR) is 78.1 cm³/mol. The van der Waals surface area contributed by atoms with Crippen LogP contribution < -0.4 is 4.74 Å². The largest absolute Gasteiger partial charge is 0.497 e. The van der Waals surface area contributed by atoms with Crippen LogP contribution in [0.15, 0.2) is 42.0 Å². The maximum absolute atomic E-state index is 11.7. The molecule has 0 spiro atoms. The van der Waals surface area contributed by atoms with Gasteiger partial charge in [-0.25, -0.2) is 0 Å². The first-order valence-electron chi connectivity index (χ1n) is 6.54. The minimum Gasteiger partial charge on any atom is -0.497 e. The number of rotatable bonds is 3. The van der Waals surface area contributed by atoms with E-state index in [1.54, 1.807) is 13.2 Å². The number of benzene rings is 1. The number of ketones is 1. The van der Waals surface area contributed by atoms with Gasteiger partial charge in [-0.2, -0.15) is 0 Å². The van der Waals surface area contributed by atoms with E-state index in [0.29, 0.717) is 6.42 Å². The first-order valence-corrected chi connectivity index (χ1v) is 6.54. The SMILES string of the molecule is COc1ccc(/C=C/C2=CC(=O)CC(C)(C)C2)cc1. The summed E-state index contributed by atoms with van der Waals surface area (Å²) in [5.74, 6) is 1.08. The van der Waals surface area contributed by atoms with Crippen LogP contribution in [0.5, 0.6) is 5.75 Å². The van der Waals surface area contributed by atoms with Crippen molar-refractivity contribution in [2.24, 2.45) is 5.41 Å². The smallest absolute Gasteiger partial charge is 0.156 e. The van der Waals surface area contributed by atoms with Gasteiger partial charge in [-0.3, -0.25) is 4.79 Å². The van der Waals surface area contributed by atoms with Gasteiger partial charge in [0.15, 0.2) is 5.78 Å².